The van der Waals surface area contributed by atoms with Crippen LogP contribution < -0.4 is 15.8 Å². The number of likely N-dealkylation sites (tertiary alicyclic amines) is 1. The highest BCUT2D eigenvalue weighted by atomic mass is 35.5. The molecule has 0 bridgehead atoms. The number of halogens is 1. The number of nitrogens with one attached hydrogen (secondary N) is 1. The van der Waals surface area contributed by atoms with Crippen molar-refractivity contribution in [2.24, 2.45) is 5.73 Å². The van der Waals surface area contributed by atoms with Gasteiger partial charge < -0.3 is 20.7 Å². The molecule has 20 heavy (non-hydrogen) atoms. The number of nitrogens with two attached hydrogens (primary N) is 1. The molecule has 3 N–H and O–H groups in total. The van der Waals surface area contributed by atoms with Crippen LogP contribution in [0.1, 0.15) is 18.4 Å². The minimum absolute atomic E-state index is 0. The van der Waals surface area contributed by atoms with Gasteiger partial charge in [-0.15, -0.1) is 12.4 Å². The zero-order valence-corrected chi connectivity index (χ0v) is 12.7. The first-order valence-corrected chi connectivity index (χ1v) is 6.56. The molecule has 2 rings (SSSR count). The first-order chi connectivity index (χ1) is 9.10. The molecule has 0 aromatic heterocycles. The Bertz CT molecular complexity index is 468. The van der Waals surface area contributed by atoms with E-state index in [9.17, 15) is 4.79 Å². The van der Waals surface area contributed by atoms with Gasteiger partial charge in [0.05, 0.1) is 7.11 Å². The van der Waals surface area contributed by atoms with E-state index in [4.69, 9.17) is 10.5 Å². The lowest BCUT2D eigenvalue weighted by molar-refractivity contribution is 0.193. The lowest BCUT2D eigenvalue weighted by atomic mass is 10.1. The van der Waals surface area contributed by atoms with Crippen molar-refractivity contribution in [1.82, 2.24) is 4.90 Å². The molecule has 0 radical (unpaired) electrons. The summed E-state index contributed by atoms with van der Waals surface area (Å²) in [4.78, 5) is 13.9. The summed E-state index contributed by atoms with van der Waals surface area (Å²) in [6.45, 7) is 3.35. The fraction of sp³-hybridized carbons (Fsp3) is 0.500. The summed E-state index contributed by atoms with van der Waals surface area (Å²) in [5, 5.41) is 2.89. The van der Waals surface area contributed by atoms with E-state index in [0.717, 1.165) is 36.4 Å². The summed E-state index contributed by atoms with van der Waals surface area (Å²) >= 11 is 0. The number of ether oxygens (including phenoxy) is 1. The van der Waals surface area contributed by atoms with Gasteiger partial charge in [0, 0.05) is 30.9 Å². The minimum Gasteiger partial charge on any atom is -0.496 e. The molecule has 1 aliphatic rings. The van der Waals surface area contributed by atoms with Gasteiger partial charge in [-0.05, 0) is 31.4 Å². The normalized spacial score (nSPS) is 18.1. The van der Waals surface area contributed by atoms with Crippen LogP contribution in [-0.2, 0) is 0 Å². The number of rotatable bonds is 2. The fourth-order valence-electron chi connectivity index (χ4n) is 2.29. The molecule has 1 heterocycles. The number of hydrogen-bond donors (Lipinski definition) is 2. The maximum absolute atomic E-state index is 12.1. The molecule has 1 saturated heterocycles. The lowest BCUT2D eigenvalue weighted by Crippen LogP contribution is -2.47. The topological polar surface area (TPSA) is 67.6 Å². The molecule has 0 spiro atoms. The fourth-order valence-corrected chi connectivity index (χ4v) is 2.29. The summed E-state index contributed by atoms with van der Waals surface area (Å²) in [6.07, 6.45) is 1.95. The minimum atomic E-state index is -0.0962. The average molecular weight is 300 g/mol. The largest absolute Gasteiger partial charge is 0.496 e. The van der Waals surface area contributed by atoms with E-state index >= 15 is 0 Å². The Kier molecular flexibility index (Phi) is 6.10. The van der Waals surface area contributed by atoms with Crippen molar-refractivity contribution in [2.45, 2.75) is 25.8 Å². The van der Waals surface area contributed by atoms with Gasteiger partial charge in [0.25, 0.3) is 0 Å². The standard InChI is InChI=1S/C14H21N3O2.ClH/c1-10-5-6-12(8-13(10)19-2)16-14(18)17-7-3-4-11(15)9-17;/h5-6,8,11H,3-4,7,9,15H2,1-2H3,(H,16,18);1H. The quantitative estimate of drug-likeness (QED) is 0.881. The molecule has 1 atom stereocenters. The van der Waals surface area contributed by atoms with Crippen LogP contribution >= 0.6 is 12.4 Å². The van der Waals surface area contributed by atoms with E-state index in [1.165, 1.54) is 0 Å². The monoisotopic (exact) mass is 299 g/mol. The number of amides is 2. The van der Waals surface area contributed by atoms with E-state index in [0.29, 0.717) is 6.54 Å². The predicted molar refractivity (Wildman–Crippen MR) is 82.8 cm³/mol. The third-order valence-corrected chi connectivity index (χ3v) is 3.40. The van der Waals surface area contributed by atoms with E-state index in [1.54, 1.807) is 12.0 Å². The Labute approximate surface area is 125 Å². The molecule has 1 fully saturated rings. The zero-order chi connectivity index (χ0) is 13.8. The highest BCUT2D eigenvalue weighted by Gasteiger charge is 2.21. The van der Waals surface area contributed by atoms with Gasteiger partial charge in [0.15, 0.2) is 0 Å². The summed E-state index contributed by atoms with van der Waals surface area (Å²) < 4.78 is 5.24. The van der Waals surface area contributed by atoms with Crippen molar-refractivity contribution in [3.63, 3.8) is 0 Å². The molecule has 1 unspecified atom stereocenters. The van der Waals surface area contributed by atoms with E-state index in [2.05, 4.69) is 5.32 Å². The molecule has 5 nitrogen and oxygen atoms in total. The molecule has 1 aromatic carbocycles. The second-order valence-corrected chi connectivity index (χ2v) is 4.96. The number of nitrogens with zero attached hydrogens (tertiary/aromatic N) is 1. The maximum atomic E-state index is 12.1. The molecular formula is C14H22ClN3O2. The van der Waals surface area contributed by atoms with Gasteiger partial charge in [-0.3, -0.25) is 0 Å². The molecule has 1 aromatic rings. The molecule has 6 heteroatoms. The second kappa shape index (κ2) is 7.36. The van der Waals surface area contributed by atoms with Crippen molar-refractivity contribution in [2.75, 3.05) is 25.5 Å². The predicted octanol–water partition coefficient (Wildman–Crippen LogP) is 2.38. The van der Waals surface area contributed by atoms with Gasteiger partial charge in [-0.25, -0.2) is 4.79 Å². The Morgan fingerprint density at radius 1 is 1.50 bits per heavy atom. The van der Waals surface area contributed by atoms with Crippen LogP contribution in [0.4, 0.5) is 10.5 Å². The van der Waals surface area contributed by atoms with Crippen molar-refractivity contribution >= 4 is 24.1 Å². The van der Waals surface area contributed by atoms with Crippen LogP contribution in [0.15, 0.2) is 18.2 Å². The van der Waals surface area contributed by atoms with Crippen molar-refractivity contribution < 1.29 is 9.53 Å². The smallest absolute Gasteiger partial charge is 0.321 e. The van der Waals surface area contributed by atoms with E-state index in [1.807, 2.05) is 25.1 Å². The van der Waals surface area contributed by atoms with E-state index in [-0.39, 0.29) is 24.5 Å². The zero-order valence-electron chi connectivity index (χ0n) is 11.9. The van der Waals surface area contributed by atoms with Gasteiger partial charge in [0.1, 0.15) is 5.75 Å². The van der Waals surface area contributed by atoms with Crippen LogP contribution in [0.3, 0.4) is 0 Å². The Morgan fingerprint density at radius 3 is 2.90 bits per heavy atom. The molecule has 1 aliphatic heterocycles. The van der Waals surface area contributed by atoms with Crippen LogP contribution in [0, 0.1) is 6.92 Å². The number of urea groups is 1. The third kappa shape index (κ3) is 4.02. The number of anilines is 1. The summed E-state index contributed by atoms with van der Waals surface area (Å²) in [7, 11) is 1.62. The van der Waals surface area contributed by atoms with Crippen LogP contribution in [0.2, 0.25) is 0 Å². The van der Waals surface area contributed by atoms with Gasteiger partial charge >= 0.3 is 6.03 Å². The first kappa shape index (κ1) is 16.6. The lowest BCUT2D eigenvalue weighted by Gasteiger charge is -2.30. The van der Waals surface area contributed by atoms with Crippen LogP contribution in [0.25, 0.3) is 0 Å². The number of carbonyl (C=O) groups is 1. The highest BCUT2D eigenvalue weighted by Crippen LogP contribution is 2.22. The number of piperidine rings is 1. The number of aryl methyl sites for hydroxylation is 1. The molecular weight excluding hydrogens is 278 g/mol. The number of hydrogen-bond acceptors (Lipinski definition) is 3. The Balaban J connectivity index is 0.00000200. The summed E-state index contributed by atoms with van der Waals surface area (Å²) in [5.74, 6) is 0.771. The van der Waals surface area contributed by atoms with Gasteiger partial charge in [-0.1, -0.05) is 6.07 Å². The molecule has 0 saturated carbocycles. The van der Waals surface area contributed by atoms with Gasteiger partial charge in [-0.2, -0.15) is 0 Å². The Morgan fingerprint density at radius 2 is 2.25 bits per heavy atom. The van der Waals surface area contributed by atoms with Crippen molar-refractivity contribution in [1.29, 1.82) is 0 Å². The molecule has 2 amide bonds. The highest BCUT2D eigenvalue weighted by molar-refractivity contribution is 5.89. The van der Waals surface area contributed by atoms with Crippen molar-refractivity contribution in [3.8, 4) is 5.75 Å². The Hall–Kier alpha value is -1.46. The summed E-state index contributed by atoms with van der Waals surface area (Å²) in [6, 6.07) is 5.63. The number of methoxy groups -OCH3 is 1. The van der Waals surface area contributed by atoms with Crippen LogP contribution in [-0.4, -0.2) is 37.2 Å². The molecule has 0 aliphatic carbocycles. The van der Waals surface area contributed by atoms with Crippen molar-refractivity contribution in [3.05, 3.63) is 23.8 Å². The molecule has 112 valence electrons. The first-order valence-electron chi connectivity index (χ1n) is 6.56. The summed E-state index contributed by atoms with van der Waals surface area (Å²) in [5.41, 5.74) is 7.66. The average Bonchev–Trinajstić information content (AvgIpc) is 2.41. The van der Waals surface area contributed by atoms with E-state index < -0.39 is 0 Å². The SMILES string of the molecule is COc1cc(NC(=O)N2CCCC(N)C2)ccc1C.Cl. The maximum Gasteiger partial charge on any atom is 0.321 e. The van der Waals surface area contributed by atoms with Gasteiger partial charge in [0.2, 0.25) is 0 Å². The second-order valence-electron chi connectivity index (χ2n) is 4.96. The number of carbonyl (C=O) groups excluding carboxylic acids is 1. The third-order valence-electron chi connectivity index (χ3n) is 3.40. The van der Waals surface area contributed by atoms with Crippen LogP contribution in [0.5, 0.6) is 5.75 Å². The number of benzene rings is 1.